The third-order valence-electron chi connectivity index (χ3n) is 4.19. The van der Waals surface area contributed by atoms with E-state index in [1.54, 1.807) is 11.3 Å². The fourth-order valence-electron chi connectivity index (χ4n) is 2.61. The molecule has 130 valence electrons. The first kappa shape index (κ1) is 17.5. The van der Waals surface area contributed by atoms with Gasteiger partial charge in [-0.2, -0.15) is 0 Å². The summed E-state index contributed by atoms with van der Waals surface area (Å²) < 4.78 is 0. The minimum atomic E-state index is 0.0745. The molecule has 0 aliphatic heterocycles. The number of aryl methyl sites for hydroxylation is 2. The van der Waals surface area contributed by atoms with Gasteiger partial charge in [-0.15, -0.1) is 11.3 Å². The molecule has 1 aromatic heterocycles. The zero-order valence-electron chi connectivity index (χ0n) is 15.0. The second kappa shape index (κ2) is 7.28. The smallest absolute Gasteiger partial charge is 0.187 e. The van der Waals surface area contributed by atoms with Gasteiger partial charge >= 0.3 is 0 Å². The number of thiazole rings is 1. The van der Waals surface area contributed by atoms with Crippen LogP contribution in [0.2, 0.25) is 0 Å². The van der Waals surface area contributed by atoms with Crippen LogP contribution in [0.3, 0.4) is 0 Å². The second-order valence-corrected chi connectivity index (χ2v) is 8.17. The first-order valence-electron chi connectivity index (χ1n) is 8.57. The van der Waals surface area contributed by atoms with E-state index < -0.39 is 0 Å². The Kier molecular flexibility index (Phi) is 5.09. The Balaban J connectivity index is 1.72. The lowest BCUT2D eigenvalue weighted by Gasteiger charge is -2.14. The molecule has 0 aliphatic carbocycles. The lowest BCUT2D eigenvalue weighted by Crippen LogP contribution is -2.11. The van der Waals surface area contributed by atoms with Crippen LogP contribution in [0, 0.1) is 0 Å². The highest BCUT2D eigenvalue weighted by Crippen LogP contribution is 2.29. The number of para-hydroxylation sites is 1. The molecule has 2 aromatic carbocycles. The maximum atomic E-state index is 5.76. The number of hydrogen-bond acceptors (Lipinski definition) is 4. The summed E-state index contributed by atoms with van der Waals surface area (Å²) in [6.07, 6.45) is 1.97. The van der Waals surface area contributed by atoms with E-state index in [1.165, 1.54) is 11.1 Å². The molecule has 3 N–H and O–H groups in total. The van der Waals surface area contributed by atoms with Crippen molar-refractivity contribution in [2.75, 3.05) is 11.1 Å². The molecule has 0 saturated heterocycles. The van der Waals surface area contributed by atoms with Crippen molar-refractivity contribution in [1.29, 1.82) is 0 Å². The molecule has 0 unspecified atom stereocenters. The summed E-state index contributed by atoms with van der Waals surface area (Å²) in [4.78, 5) is 4.74. The molecule has 3 rings (SSSR count). The highest BCUT2D eigenvalue weighted by molar-refractivity contribution is 7.13. The number of benzene rings is 2. The van der Waals surface area contributed by atoms with Gasteiger partial charge in [0.15, 0.2) is 5.13 Å². The maximum Gasteiger partial charge on any atom is 0.187 e. The lowest BCUT2D eigenvalue weighted by atomic mass is 9.93. The highest BCUT2D eigenvalue weighted by Gasteiger charge is 2.17. The van der Waals surface area contributed by atoms with Crippen LogP contribution in [0.15, 0.2) is 53.9 Å². The van der Waals surface area contributed by atoms with Gasteiger partial charge in [0, 0.05) is 22.2 Å². The van der Waals surface area contributed by atoms with Gasteiger partial charge in [0.1, 0.15) is 0 Å². The zero-order valence-corrected chi connectivity index (χ0v) is 15.9. The molecule has 25 heavy (non-hydrogen) atoms. The van der Waals surface area contributed by atoms with Crippen LogP contribution in [-0.4, -0.2) is 4.98 Å². The summed E-state index contributed by atoms with van der Waals surface area (Å²) in [6.45, 7) is 6.56. The predicted molar refractivity (Wildman–Crippen MR) is 109 cm³/mol. The monoisotopic (exact) mass is 351 g/mol. The number of nitrogens with one attached hydrogen (secondary N) is 1. The minimum Gasteiger partial charge on any atom is -0.399 e. The first-order valence-corrected chi connectivity index (χ1v) is 9.45. The average molecular weight is 352 g/mol. The minimum absolute atomic E-state index is 0.0745. The Bertz CT molecular complexity index is 829. The van der Waals surface area contributed by atoms with Crippen LogP contribution in [0.5, 0.6) is 0 Å². The Labute approximate surface area is 153 Å². The Hall–Kier alpha value is -2.33. The van der Waals surface area contributed by atoms with Gasteiger partial charge in [-0.25, -0.2) is 4.98 Å². The molecule has 0 atom stereocenters. The lowest BCUT2D eigenvalue weighted by molar-refractivity contribution is 0.573. The standard InChI is InChI=1S/C21H25N3S/c1-21(2,3)19-14-25-20(24-19)23-18-7-5-4-6-16(18)11-8-15-9-12-17(22)13-10-15/h4-7,9-10,12-14H,8,11,22H2,1-3H3,(H,23,24). The largest absolute Gasteiger partial charge is 0.399 e. The predicted octanol–water partition coefficient (Wildman–Crippen LogP) is 5.55. The van der Waals surface area contributed by atoms with Crippen LogP contribution < -0.4 is 11.1 Å². The number of anilines is 3. The van der Waals surface area contributed by atoms with Crippen molar-refractivity contribution in [3.05, 3.63) is 70.7 Å². The molecule has 0 amide bonds. The molecule has 3 nitrogen and oxygen atoms in total. The molecule has 3 aromatic rings. The van der Waals surface area contributed by atoms with Gasteiger partial charge in [0.05, 0.1) is 5.69 Å². The van der Waals surface area contributed by atoms with Crippen LogP contribution in [0.25, 0.3) is 0 Å². The van der Waals surface area contributed by atoms with Crippen molar-refractivity contribution in [1.82, 2.24) is 4.98 Å². The number of nitrogens with zero attached hydrogens (tertiary/aromatic N) is 1. The van der Waals surface area contributed by atoms with E-state index in [2.05, 4.69) is 67.9 Å². The van der Waals surface area contributed by atoms with E-state index >= 15 is 0 Å². The Morgan fingerprint density at radius 3 is 2.40 bits per heavy atom. The average Bonchev–Trinajstić information content (AvgIpc) is 3.04. The molecule has 0 fully saturated rings. The van der Waals surface area contributed by atoms with Crippen molar-refractivity contribution < 1.29 is 0 Å². The third-order valence-corrected chi connectivity index (χ3v) is 4.95. The van der Waals surface area contributed by atoms with Crippen LogP contribution in [-0.2, 0) is 18.3 Å². The number of rotatable bonds is 5. The van der Waals surface area contributed by atoms with Crippen molar-refractivity contribution in [3.8, 4) is 0 Å². The fraction of sp³-hybridized carbons (Fsp3) is 0.286. The molecule has 0 bridgehead atoms. The third kappa shape index (κ3) is 4.60. The van der Waals surface area contributed by atoms with Crippen LogP contribution in [0.4, 0.5) is 16.5 Å². The van der Waals surface area contributed by atoms with E-state index in [0.29, 0.717) is 0 Å². The quantitative estimate of drug-likeness (QED) is 0.592. The second-order valence-electron chi connectivity index (χ2n) is 7.31. The first-order chi connectivity index (χ1) is 11.9. The van der Waals surface area contributed by atoms with Crippen molar-refractivity contribution in [2.45, 2.75) is 39.0 Å². The Morgan fingerprint density at radius 2 is 1.72 bits per heavy atom. The van der Waals surface area contributed by atoms with Gasteiger partial charge in [0.2, 0.25) is 0 Å². The molecule has 0 saturated carbocycles. The topological polar surface area (TPSA) is 50.9 Å². The zero-order chi connectivity index (χ0) is 17.9. The van der Waals surface area contributed by atoms with Gasteiger partial charge in [-0.3, -0.25) is 0 Å². The summed E-state index contributed by atoms with van der Waals surface area (Å²) >= 11 is 1.66. The number of nitrogens with two attached hydrogens (primary N) is 1. The van der Waals surface area contributed by atoms with E-state index in [0.717, 1.165) is 35.0 Å². The molecule has 0 spiro atoms. The van der Waals surface area contributed by atoms with Crippen LogP contribution in [0.1, 0.15) is 37.6 Å². The fourth-order valence-corrected chi connectivity index (χ4v) is 3.56. The SMILES string of the molecule is CC(C)(C)c1csc(Nc2ccccc2CCc2ccc(N)cc2)n1. The highest BCUT2D eigenvalue weighted by atomic mass is 32.1. The molecule has 1 heterocycles. The number of nitrogen functional groups attached to an aromatic ring is 1. The normalized spacial score (nSPS) is 11.5. The van der Waals surface area contributed by atoms with Gasteiger partial charge < -0.3 is 11.1 Å². The van der Waals surface area contributed by atoms with E-state index in [4.69, 9.17) is 10.7 Å². The van der Waals surface area contributed by atoms with E-state index in [1.807, 2.05) is 12.1 Å². The van der Waals surface area contributed by atoms with Gasteiger partial charge in [-0.05, 0) is 42.2 Å². The summed E-state index contributed by atoms with van der Waals surface area (Å²) in [5.74, 6) is 0. The van der Waals surface area contributed by atoms with Crippen molar-refractivity contribution >= 4 is 27.8 Å². The van der Waals surface area contributed by atoms with Crippen LogP contribution >= 0.6 is 11.3 Å². The summed E-state index contributed by atoms with van der Waals surface area (Å²) in [5, 5.41) is 6.58. The van der Waals surface area contributed by atoms with E-state index in [9.17, 15) is 0 Å². The van der Waals surface area contributed by atoms with Crippen molar-refractivity contribution in [3.63, 3.8) is 0 Å². The molecule has 4 heteroatoms. The summed E-state index contributed by atoms with van der Waals surface area (Å²) in [6, 6.07) is 16.6. The summed E-state index contributed by atoms with van der Waals surface area (Å²) in [5.41, 5.74) is 11.5. The Morgan fingerprint density at radius 1 is 1.00 bits per heavy atom. The van der Waals surface area contributed by atoms with E-state index in [-0.39, 0.29) is 5.41 Å². The van der Waals surface area contributed by atoms with Gasteiger partial charge in [0.25, 0.3) is 0 Å². The molecule has 0 aliphatic rings. The summed E-state index contributed by atoms with van der Waals surface area (Å²) in [7, 11) is 0. The maximum absolute atomic E-state index is 5.76. The molecule has 0 radical (unpaired) electrons. The number of hydrogen-bond donors (Lipinski definition) is 2. The number of aromatic nitrogens is 1. The molecular formula is C21H25N3S. The van der Waals surface area contributed by atoms with Crippen molar-refractivity contribution in [2.24, 2.45) is 0 Å². The molecular weight excluding hydrogens is 326 g/mol. The van der Waals surface area contributed by atoms with Gasteiger partial charge in [-0.1, -0.05) is 51.1 Å².